The van der Waals surface area contributed by atoms with Crippen molar-refractivity contribution in [2.75, 3.05) is 19.6 Å². The Morgan fingerprint density at radius 3 is 2.40 bits per heavy atom. The number of amides is 1. The molecule has 1 N–H and O–H groups in total. The van der Waals surface area contributed by atoms with Gasteiger partial charge in [-0.3, -0.25) is 14.5 Å². The van der Waals surface area contributed by atoms with Crippen molar-refractivity contribution in [2.24, 2.45) is 5.92 Å². The molecule has 5 nitrogen and oxygen atoms in total. The van der Waals surface area contributed by atoms with E-state index in [9.17, 15) is 14.7 Å². The van der Waals surface area contributed by atoms with Crippen molar-refractivity contribution >= 4 is 23.3 Å². The number of ketones is 1. The fraction of sp³-hybridized carbons (Fsp3) is 0.667. The summed E-state index contributed by atoms with van der Waals surface area (Å²) in [5.74, 6) is 0.350. The number of hydrogen-bond acceptors (Lipinski definition) is 4. The van der Waals surface area contributed by atoms with Crippen molar-refractivity contribution < 1.29 is 14.7 Å². The molecule has 0 spiro atoms. The molecule has 1 saturated heterocycles. The van der Waals surface area contributed by atoms with Gasteiger partial charge in [-0.05, 0) is 69.4 Å². The zero-order valence-corrected chi connectivity index (χ0v) is 19.5. The number of Topliss-reactive ketones (excluding diaryl/α,β-unsaturated/α-hetero) is 1. The minimum atomic E-state index is -1.35. The molecule has 0 aromatic heterocycles. The molecule has 6 heteroatoms. The summed E-state index contributed by atoms with van der Waals surface area (Å²) in [4.78, 5) is 29.6. The summed E-state index contributed by atoms with van der Waals surface area (Å²) in [6, 6.07) is 3.99. The Morgan fingerprint density at radius 1 is 1.17 bits per heavy atom. The van der Waals surface area contributed by atoms with Crippen molar-refractivity contribution in [3.05, 3.63) is 33.8 Å². The normalized spacial score (nSPS) is 21.3. The molecule has 30 heavy (non-hydrogen) atoms. The summed E-state index contributed by atoms with van der Waals surface area (Å²) in [5.41, 5.74) is 1.66. The van der Waals surface area contributed by atoms with Gasteiger partial charge in [-0.1, -0.05) is 24.4 Å². The first-order chi connectivity index (χ1) is 14.1. The van der Waals surface area contributed by atoms with E-state index in [1.165, 1.54) is 26.7 Å². The molecule has 1 heterocycles. The molecule has 0 unspecified atom stereocenters. The topological polar surface area (TPSA) is 60.9 Å². The predicted octanol–water partition coefficient (Wildman–Crippen LogP) is 3.75. The van der Waals surface area contributed by atoms with Crippen LogP contribution in [0.25, 0.3) is 0 Å². The molecule has 1 saturated carbocycles. The van der Waals surface area contributed by atoms with Crippen LogP contribution in [-0.4, -0.2) is 57.9 Å². The fourth-order valence-corrected chi connectivity index (χ4v) is 4.95. The molecule has 1 atom stereocenters. The Kier molecular flexibility index (Phi) is 7.26. The third-order valence-corrected chi connectivity index (χ3v) is 6.93. The van der Waals surface area contributed by atoms with E-state index >= 15 is 0 Å². The third kappa shape index (κ3) is 5.43. The maximum Gasteiger partial charge on any atom is 0.226 e. The molecule has 166 valence electrons. The average molecular weight is 435 g/mol. The monoisotopic (exact) mass is 434 g/mol. The Labute approximate surface area is 185 Å². The molecule has 1 aromatic rings. The molecule has 1 amide bonds. The van der Waals surface area contributed by atoms with Gasteiger partial charge < -0.3 is 10.0 Å². The first-order valence-corrected chi connectivity index (χ1v) is 11.5. The largest absolute Gasteiger partial charge is 0.383 e. The van der Waals surface area contributed by atoms with Gasteiger partial charge >= 0.3 is 0 Å². The lowest BCUT2D eigenvalue weighted by Gasteiger charge is -2.41. The number of halogens is 1. The minimum absolute atomic E-state index is 0.170. The summed E-state index contributed by atoms with van der Waals surface area (Å²) in [7, 11) is 0. The van der Waals surface area contributed by atoms with E-state index in [0.717, 1.165) is 55.7 Å². The summed E-state index contributed by atoms with van der Waals surface area (Å²) >= 11 is 6.36. The smallest absolute Gasteiger partial charge is 0.226 e. The SMILES string of the molecule is Cc1c(CC(=O)C(C)(C)O)cc(Cl)cc1CN1CCN(C(=O)C2CCCC2)[C@@H](C)C1. The van der Waals surface area contributed by atoms with E-state index in [4.69, 9.17) is 11.6 Å². The minimum Gasteiger partial charge on any atom is -0.383 e. The van der Waals surface area contributed by atoms with Gasteiger partial charge in [-0.25, -0.2) is 0 Å². The molecular weight excluding hydrogens is 400 g/mol. The maximum atomic E-state index is 12.8. The lowest BCUT2D eigenvalue weighted by molar-refractivity contribution is -0.140. The van der Waals surface area contributed by atoms with Crippen molar-refractivity contribution in [3.63, 3.8) is 0 Å². The number of aliphatic hydroxyl groups is 1. The zero-order valence-electron chi connectivity index (χ0n) is 18.7. The summed E-state index contributed by atoms with van der Waals surface area (Å²) < 4.78 is 0. The van der Waals surface area contributed by atoms with Crippen molar-refractivity contribution in [1.29, 1.82) is 0 Å². The fourth-order valence-electron chi connectivity index (χ4n) is 4.69. The van der Waals surface area contributed by atoms with E-state index in [0.29, 0.717) is 10.9 Å². The van der Waals surface area contributed by atoms with Crippen LogP contribution in [0.5, 0.6) is 0 Å². The molecule has 3 rings (SSSR count). The highest BCUT2D eigenvalue weighted by molar-refractivity contribution is 6.30. The van der Waals surface area contributed by atoms with Crippen LogP contribution in [0.3, 0.4) is 0 Å². The van der Waals surface area contributed by atoms with Crippen LogP contribution in [0.15, 0.2) is 12.1 Å². The van der Waals surface area contributed by atoms with Crippen LogP contribution in [0, 0.1) is 12.8 Å². The van der Waals surface area contributed by atoms with E-state index < -0.39 is 5.60 Å². The maximum absolute atomic E-state index is 12.8. The third-order valence-electron chi connectivity index (χ3n) is 6.71. The molecule has 2 fully saturated rings. The number of rotatable bonds is 6. The van der Waals surface area contributed by atoms with Crippen molar-refractivity contribution in [1.82, 2.24) is 9.80 Å². The van der Waals surface area contributed by atoms with Gasteiger partial charge in [0, 0.05) is 49.6 Å². The molecule has 1 aliphatic carbocycles. The molecule has 0 bridgehead atoms. The standard InChI is InChI=1S/C24H35ClN2O3/c1-16-14-26(9-10-27(16)23(29)18-7-5-6-8-18)15-20-12-21(25)11-19(17(20)2)13-22(28)24(3,4)30/h11-12,16,18,30H,5-10,13-15H2,1-4H3/t16-/m0/s1. The van der Waals surface area contributed by atoms with Gasteiger partial charge in [0.1, 0.15) is 5.60 Å². The number of benzene rings is 1. The second-order valence-corrected chi connectivity index (χ2v) is 10.0. The molecule has 1 aliphatic heterocycles. The molecule has 2 aliphatic rings. The summed E-state index contributed by atoms with van der Waals surface area (Å²) in [5, 5.41) is 10.6. The molecule has 1 aromatic carbocycles. The van der Waals surface area contributed by atoms with Gasteiger partial charge in [0.05, 0.1) is 0 Å². The zero-order chi connectivity index (χ0) is 22.1. The summed E-state index contributed by atoms with van der Waals surface area (Å²) in [6.45, 7) is 10.4. The highest BCUT2D eigenvalue weighted by atomic mass is 35.5. The lowest BCUT2D eigenvalue weighted by Crippen LogP contribution is -2.54. The Morgan fingerprint density at radius 2 is 1.80 bits per heavy atom. The van der Waals surface area contributed by atoms with E-state index in [-0.39, 0.29) is 24.2 Å². The van der Waals surface area contributed by atoms with Gasteiger partial charge in [-0.2, -0.15) is 0 Å². The quantitative estimate of drug-likeness (QED) is 0.740. The average Bonchev–Trinajstić information content (AvgIpc) is 3.19. The lowest BCUT2D eigenvalue weighted by atomic mass is 9.92. The number of carbonyl (C=O) groups excluding carboxylic acids is 2. The molecule has 0 radical (unpaired) electrons. The number of carbonyl (C=O) groups is 2. The predicted molar refractivity (Wildman–Crippen MR) is 120 cm³/mol. The van der Waals surface area contributed by atoms with Gasteiger partial charge in [0.15, 0.2) is 5.78 Å². The van der Waals surface area contributed by atoms with Gasteiger partial charge in [0.2, 0.25) is 5.91 Å². The first-order valence-electron chi connectivity index (χ1n) is 11.1. The Bertz CT molecular complexity index is 796. The van der Waals surface area contributed by atoms with E-state index in [1.54, 1.807) is 0 Å². The second kappa shape index (κ2) is 9.37. The van der Waals surface area contributed by atoms with E-state index in [1.807, 2.05) is 19.1 Å². The number of piperazine rings is 1. The van der Waals surface area contributed by atoms with Gasteiger partial charge in [-0.15, -0.1) is 0 Å². The summed E-state index contributed by atoms with van der Waals surface area (Å²) in [6.07, 6.45) is 4.61. The highest BCUT2D eigenvalue weighted by Gasteiger charge is 2.33. The van der Waals surface area contributed by atoms with Crippen LogP contribution in [0.4, 0.5) is 0 Å². The van der Waals surface area contributed by atoms with Crippen LogP contribution in [0.1, 0.15) is 63.1 Å². The highest BCUT2D eigenvalue weighted by Crippen LogP contribution is 2.29. The number of hydrogen-bond donors (Lipinski definition) is 1. The van der Waals surface area contributed by atoms with Crippen molar-refractivity contribution in [2.45, 2.75) is 78.0 Å². The Hall–Kier alpha value is -1.43. The van der Waals surface area contributed by atoms with Crippen LogP contribution < -0.4 is 0 Å². The molecular formula is C24H35ClN2O3. The number of nitrogens with zero attached hydrogens (tertiary/aromatic N) is 2. The first kappa shape index (κ1) is 23.2. The van der Waals surface area contributed by atoms with Crippen LogP contribution >= 0.6 is 11.6 Å². The Balaban J connectivity index is 1.67. The van der Waals surface area contributed by atoms with Gasteiger partial charge in [0.25, 0.3) is 0 Å². The second-order valence-electron chi connectivity index (χ2n) is 9.61. The van der Waals surface area contributed by atoms with E-state index in [2.05, 4.69) is 16.7 Å². The van der Waals surface area contributed by atoms with Crippen LogP contribution in [-0.2, 0) is 22.6 Å². The van der Waals surface area contributed by atoms with Crippen LogP contribution in [0.2, 0.25) is 5.02 Å². The van der Waals surface area contributed by atoms with Crippen molar-refractivity contribution in [3.8, 4) is 0 Å².